The lowest BCUT2D eigenvalue weighted by molar-refractivity contribution is -0.119. The maximum absolute atomic E-state index is 12.0. The monoisotopic (exact) mass is 337 g/mol. The number of hydrogen-bond donors (Lipinski definition) is 1. The number of hydrogen-bond acceptors (Lipinski definition) is 5. The fourth-order valence-corrected chi connectivity index (χ4v) is 2.79. The van der Waals surface area contributed by atoms with Crippen molar-refractivity contribution in [1.82, 2.24) is 10.5 Å². The Kier molecular flexibility index (Phi) is 5.38. The van der Waals surface area contributed by atoms with E-state index >= 15 is 0 Å². The minimum Gasteiger partial charge on any atom is -0.360 e. The zero-order chi connectivity index (χ0) is 16.9. The number of rotatable bonds is 7. The van der Waals surface area contributed by atoms with Gasteiger partial charge in [0.25, 0.3) is 0 Å². The van der Waals surface area contributed by atoms with E-state index in [1.807, 2.05) is 30.3 Å². The predicted molar refractivity (Wildman–Crippen MR) is 86.6 cm³/mol. The first-order valence-electron chi connectivity index (χ1n) is 7.08. The first kappa shape index (κ1) is 17.0. The van der Waals surface area contributed by atoms with E-state index < -0.39 is 15.9 Å². The SMILES string of the molecule is Cc1cc(N(CC(=O)NCCc2ccccc2)S(C)(=O)=O)no1. The molecule has 0 bridgehead atoms. The third-order valence-electron chi connectivity index (χ3n) is 3.14. The van der Waals surface area contributed by atoms with Gasteiger partial charge in [0.05, 0.1) is 6.26 Å². The molecular weight excluding hydrogens is 318 g/mol. The Hall–Kier alpha value is -2.35. The fourth-order valence-electron chi connectivity index (χ4n) is 2.02. The van der Waals surface area contributed by atoms with Crippen molar-refractivity contribution in [3.8, 4) is 0 Å². The standard InChI is InChI=1S/C15H19N3O4S/c1-12-10-14(17-22-12)18(23(2,20)21)11-15(19)16-9-8-13-6-4-3-5-7-13/h3-7,10H,8-9,11H2,1-2H3,(H,16,19). The normalized spacial score (nSPS) is 11.2. The Morgan fingerprint density at radius 3 is 2.57 bits per heavy atom. The molecule has 1 aromatic carbocycles. The summed E-state index contributed by atoms with van der Waals surface area (Å²) in [4.78, 5) is 12.0. The summed E-state index contributed by atoms with van der Waals surface area (Å²) in [5, 5.41) is 6.36. The second kappa shape index (κ2) is 7.28. The average Bonchev–Trinajstić information content (AvgIpc) is 2.91. The third-order valence-corrected chi connectivity index (χ3v) is 4.25. The van der Waals surface area contributed by atoms with E-state index in [1.165, 1.54) is 6.07 Å². The summed E-state index contributed by atoms with van der Waals surface area (Å²) in [6, 6.07) is 11.2. The van der Waals surface area contributed by atoms with Crippen LogP contribution in [0, 0.1) is 6.92 Å². The van der Waals surface area contributed by atoms with Gasteiger partial charge in [-0.25, -0.2) is 12.7 Å². The molecule has 0 unspecified atom stereocenters. The van der Waals surface area contributed by atoms with Crippen molar-refractivity contribution in [3.05, 3.63) is 47.7 Å². The number of aryl methyl sites for hydroxylation is 1. The summed E-state index contributed by atoms with van der Waals surface area (Å²) in [6.45, 7) is 1.74. The Balaban J connectivity index is 1.93. The molecule has 7 nitrogen and oxygen atoms in total. The molecule has 8 heteroatoms. The number of anilines is 1. The van der Waals surface area contributed by atoms with E-state index in [2.05, 4.69) is 10.5 Å². The summed E-state index contributed by atoms with van der Waals surface area (Å²) in [7, 11) is -3.63. The number of carbonyl (C=O) groups excluding carboxylic acids is 1. The highest BCUT2D eigenvalue weighted by Gasteiger charge is 2.23. The zero-order valence-corrected chi connectivity index (χ0v) is 13.8. The van der Waals surface area contributed by atoms with E-state index in [9.17, 15) is 13.2 Å². The number of benzene rings is 1. The molecule has 0 fully saturated rings. The fraction of sp³-hybridized carbons (Fsp3) is 0.333. The van der Waals surface area contributed by atoms with Crippen LogP contribution in [-0.4, -0.2) is 38.8 Å². The minimum atomic E-state index is -3.63. The van der Waals surface area contributed by atoms with E-state index in [1.54, 1.807) is 6.92 Å². The molecule has 124 valence electrons. The molecule has 23 heavy (non-hydrogen) atoms. The zero-order valence-electron chi connectivity index (χ0n) is 13.0. The van der Waals surface area contributed by atoms with Crippen molar-refractivity contribution in [2.45, 2.75) is 13.3 Å². The Bertz CT molecular complexity index is 756. The van der Waals surface area contributed by atoms with Gasteiger partial charge in [0, 0.05) is 12.6 Å². The summed E-state index contributed by atoms with van der Waals surface area (Å²) in [6.07, 6.45) is 1.70. The van der Waals surface area contributed by atoms with Crippen LogP contribution in [0.4, 0.5) is 5.82 Å². The number of carbonyl (C=O) groups is 1. The van der Waals surface area contributed by atoms with Crippen LogP contribution in [0.25, 0.3) is 0 Å². The molecule has 2 rings (SSSR count). The van der Waals surface area contributed by atoms with Gasteiger partial charge in [-0.15, -0.1) is 0 Å². The first-order chi connectivity index (χ1) is 10.9. The topological polar surface area (TPSA) is 92.5 Å². The highest BCUT2D eigenvalue weighted by Crippen LogP contribution is 2.16. The van der Waals surface area contributed by atoms with E-state index in [-0.39, 0.29) is 12.4 Å². The van der Waals surface area contributed by atoms with Gasteiger partial charge in [-0.05, 0) is 18.9 Å². The van der Waals surface area contributed by atoms with Gasteiger partial charge in [-0.2, -0.15) is 0 Å². The quantitative estimate of drug-likeness (QED) is 0.817. The molecule has 0 saturated heterocycles. The summed E-state index contributed by atoms with van der Waals surface area (Å²) < 4.78 is 29.5. The van der Waals surface area contributed by atoms with Crippen LogP contribution < -0.4 is 9.62 Å². The van der Waals surface area contributed by atoms with Gasteiger partial charge < -0.3 is 9.84 Å². The van der Waals surface area contributed by atoms with Crippen LogP contribution in [0.15, 0.2) is 40.9 Å². The molecule has 1 heterocycles. The largest absolute Gasteiger partial charge is 0.360 e. The van der Waals surface area contributed by atoms with Crippen LogP contribution in [0.3, 0.4) is 0 Å². The third kappa shape index (κ3) is 5.10. The molecular formula is C15H19N3O4S. The molecule has 0 aliphatic heterocycles. The molecule has 0 atom stereocenters. The molecule has 1 aromatic heterocycles. The highest BCUT2D eigenvalue weighted by molar-refractivity contribution is 7.92. The molecule has 0 saturated carbocycles. The van der Waals surface area contributed by atoms with Gasteiger partial charge in [0.1, 0.15) is 12.3 Å². The predicted octanol–water partition coefficient (Wildman–Crippen LogP) is 1.11. The first-order valence-corrected chi connectivity index (χ1v) is 8.93. The van der Waals surface area contributed by atoms with Crippen molar-refractivity contribution >= 4 is 21.7 Å². The van der Waals surface area contributed by atoms with Crippen LogP contribution in [0.2, 0.25) is 0 Å². The number of nitrogens with one attached hydrogen (secondary N) is 1. The maximum Gasteiger partial charge on any atom is 0.240 e. The Labute approximate surface area is 135 Å². The van der Waals surface area contributed by atoms with Gasteiger partial charge in [0.2, 0.25) is 15.9 Å². The maximum atomic E-state index is 12.0. The number of aromatic nitrogens is 1. The average molecular weight is 337 g/mol. The smallest absolute Gasteiger partial charge is 0.240 e. The van der Waals surface area contributed by atoms with Crippen molar-refractivity contribution in [2.75, 3.05) is 23.7 Å². The number of nitrogens with zero attached hydrogens (tertiary/aromatic N) is 2. The summed E-state index contributed by atoms with van der Waals surface area (Å²) >= 11 is 0. The van der Waals surface area contributed by atoms with E-state index in [0.717, 1.165) is 16.1 Å². The molecule has 0 radical (unpaired) electrons. The molecule has 0 spiro atoms. The van der Waals surface area contributed by atoms with Crippen LogP contribution >= 0.6 is 0 Å². The Morgan fingerprint density at radius 1 is 1.30 bits per heavy atom. The summed E-state index contributed by atoms with van der Waals surface area (Å²) in [5.41, 5.74) is 1.10. The van der Waals surface area contributed by atoms with Crippen molar-refractivity contribution in [1.29, 1.82) is 0 Å². The lowest BCUT2D eigenvalue weighted by Gasteiger charge is -2.18. The minimum absolute atomic E-state index is 0.100. The Morgan fingerprint density at radius 2 is 2.00 bits per heavy atom. The van der Waals surface area contributed by atoms with Gasteiger partial charge in [-0.1, -0.05) is 35.5 Å². The van der Waals surface area contributed by atoms with Crippen LogP contribution in [-0.2, 0) is 21.2 Å². The molecule has 0 aliphatic rings. The molecule has 2 aromatic rings. The van der Waals surface area contributed by atoms with Gasteiger partial charge >= 0.3 is 0 Å². The van der Waals surface area contributed by atoms with Gasteiger partial charge in [0.15, 0.2) is 5.82 Å². The molecule has 1 N–H and O–H groups in total. The summed E-state index contributed by atoms with van der Waals surface area (Å²) in [5.74, 6) is 0.174. The lowest BCUT2D eigenvalue weighted by Crippen LogP contribution is -2.41. The number of amides is 1. The van der Waals surface area contributed by atoms with E-state index in [0.29, 0.717) is 18.7 Å². The van der Waals surface area contributed by atoms with Crippen molar-refractivity contribution in [2.24, 2.45) is 0 Å². The van der Waals surface area contributed by atoms with Gasteiger partial charge in [-0.3, -0.25) is 4.79 Å². The second-order valence-electron chi connectivity index (χ2n) is 5.15. The molecule has 1 amide bonds. The molecule has 0 aliphatic carbocycles. The highest BCUT2D eigenvalue weighted by atomic mass is 32.2. The van der Waals surface area contributed by atoms with Crippen molar-refractivity contribution in [3.63, 3.8) is 0 Å². The van der Waals surface area contributed by atoms with E-state index in [4.69, 9.17) is 4.52 Å². The second-order valence-corrected chi connectivity index (χ2v) is 7.06. The lowest BCUT2D eigenvalue weighted by atomic mass is 10.1. The van der Waals surface area contributed by atoms with Crippen LogP contribution in [0.5, 0.6) is 0 Å². The number of sulfonamides is 1. The van der Waals surface area contributed by atoms with Crippen LogP contribution in [0.1, 0.15) is 11.3 Å². The van der Waals surface area contributed by atoms with Crippen molar-refractivity contribution < 1.29 is 17.7 Å².